The molecule has 7 heteroatoms. The van der Waals surface area contributed by atoms with Gasteiger partial charge in [0.1, 0.15) is 0 Å². The number of hydrogen-bond donors (Lipinski definition) is 2. The number of hydrogen-bond acceptors (Lipinski definition) is 5. The normalized spacial score (nSPS) is 14.5. The fourth-order valence-electron chi connectivity index (χ4n) is 2.21. The summed E-state index contributed by atoms with van der Waals surface area (Å²) in [6.45, 7) is 0.157. The number of fused-ring (bicyclic) bond motifs is 1. The molecular formula is C15H12N2O3S2. The van der Waals surface area contributed by atoms with E-state index in [4.69, 9.17) is 17.3 Å². The Bertz CT molecular complexity index is 862. The van der Waals surface area contributed by atoms with Crippen molar-refractivity contribution in [1.82, 2.24) is 4.57 Å². The molecule has 0 radical (unpaired) electrons. The van der Waals surface area contributed by atoms with E-state index in [1.807, 2.05) is 30.3 Å². The van der Waals surface area contributed by atoms with Gasteiger partial charge in [-0.05, 0) is 24.4 Å². The summed E-state index contributed by atoms with van der Waals surface area (Å²) in [4.78, 5) is 15.6. The standard InChI is InChI=1S/C15H12N2O3S2/c18-13(19)5-6-17-14(20)12(22-15(17)21)7-9-8-16-11-4-2-1-3-10(9)11/h1-4,7-8,20H,5-6H2,(H,18,19)/b9-7-. The quantitative estimate of drug-likeness (QED) is 0.837. The van der Waals surface area contributed by atoms with Crippen LogP contribution in [0, 0.1) is 3.95 Å². The van der Waals surface area contributed by atoms with E-state index < -0.39 is 5.97 Å². The Hall–Kier alpha value is -2.25. The summed E-state index contributed by atoms with van der Waals surface area (Å²) < 4.78 is 1.90. The number of nitrogens with zero attached hydrogens (tertiary/aromatic N) is 2. The largest absolute Gasteiger partial charge is 0.493 e. The first-order chi connectivity index (χ1) is 10.6. The van der Waals surface area contributed by atoms with Gasteiger partial charge in [0.15, 0.2) is 3.95 Å². The maximum absolute atomic E-state index is 10.7. The number of benzene rings is 1. The number of aromatic hydroxyl groups is 1. The highest BCUT2D eigenvalue weighted by Crippen LogP contribution is 2.35. The zero-order chi connectivity index (χ0) is 15.7. The lowest BCUT2D eigenvalue weighted by molar-refractivity contribution is -0.137. The number of rotatable bonds is 4. The van der Waals surface area contributed by atoms with Crippen LogP contribution in [0.2, 0.25) is 0 Å². The van der Waals surface area contributed by atoms with E-state index in [0.717, 1.165) is 16.8 Å². The third kappa shape index (κ3) is 2.72. The van der Waals surface area contributed by atoms with Crippen LogP contribution in [-0.2, 0) is 11.3 Å². The second-order valence-electron chi connectivity index (χ2n) is 4.73. The maximum atomic E-state index is 10.7. The van der Waals surface area contributed by atoms with Crippen molar-refractivity contribution in [1.29, 1.82) is 0 Å². The van der Waals surface area contributed by atoms with Crippen LogP contribution in [0.3, 0.4) is 0 Å². The average Bonchev–Trinajstić information content (AvgIpc) is 3.00. The van der Waals surface area contributed by atoms with Crippen LogP contribution < -0.4 is 0 Å². The first-order valence-electron chi connectivity index (χ1n) is 6.56. The lowest BCUT2D eigenvalue weighted by atomic mass is 10.1. The van der Waals surface area contributed by atoms with Crippen molar-refractivity contribution >= 4 is 53.1 Å². The van der Waals surface area contributed by atoms with Gasteiger partial charge in [0.05, 0.1) is 17.0 Å². The first-order valence-corrected chi connectivity index (χ1v) is 7.78. The highest BCUT2D eigenvalue weighted by Gasteiger charge is 2.15. The van der Waals surface area contributed by atoms with Crippen LogP contribution >= 0.6 is 23.6 Å². The van der Waals surface area contributed by atoms with Gasteiger partial charge in [-0.25, -0.2) is 0 Å². The lowest BCUT2D eigenvalue weighted by Gasteiger charge is -2.02. The molecule has 112 valence electrons. The summed E-state index contributed by atoms with van der Waals surface area (Å²) in [6.07, 6.45) is 3.48. The molecule has 1 aromatic heterocycles. The maximum Gasteiger partial charge on any atom is 0.305 e. The van der Waals surface area contributed by atoms with Crippen molar-refractivity contribution in [2.75, 3.05) is 0 Å². The number of carboxylic acids is 1. The zero-order valence-corrected chi connectivity index (χ0v) is 13.0. The SMILES string of the molecule is O=C(O)CCn1c(O)c(/C=C2/C=Nc3ccccc32)sc1=S. The Balaban J connectivity index is 1.96. The van der Waals surface area contributed by atoms with Crippen LogP contribution in [0.15, 0.2) is 29.3 Å². The summed E-state index contributed by atoms with van der Waals surface area (Å²) in [6, 6.07) is 7.74. The monoisotopic (exact) mass is 332 g/mol. The molecule has 1 aliphatic heterocycles. The third-order valence-corrected chi connectivity index (χ3v) is 4.67. The minimum absolute atomic E-state index is 0.00142. The van der Waals surface area contributed by atoms with Gasteiger partial charge in [-0.2, -0.15) is 0 Å². The molecule has 0 fully saturated rings. The number of para-hydroxylation sites is 1. The summed E-state index contributed by atoms with van der Waals surface area (Å²) in [5, 5.41) is 19.0. The van der Waals surface area contributed by atoms with E-state index in [9.17, 15) is 9.90 Å². The molecule has 0 amide bonds. The smallest absolute Gasteiger partial charge is 0.305 e. The molecule has 0 spiro atoms. The number of allylic oxidation sites excluding steroid dienone is 1. The van der Waals surface area contributed by atoms with Gasteiger partial charge in [-0.15, -0.1) is 11.3 Å². The molecule has 0 saturated carbocycles. The van der Waals surface area contributed by atoms with Crippen molar-refractivity contribution in [3.63, 3.8) is 0 Å². The van der Waals surface area contributed by atoms with Crippen LogP contribution in [0.5, 0.6) is 5.88 Å². The molecule has 3 rings (SSSR count). The predicted octanol–water partition coefficient (Wildman–Crippen LogP) is 3.72. The molecule has 0 bridgehead atoms. The Kier molecular flexibility index (Phi) is 3.91. The van der Waals surface area contributed by atoms with Gasteiger partial charge in [0.2, 0.25) is 5.88 Å². The summed E-state index contributed by atoms with van der Waals surface area (Å²) >= 11 is 6.45. The van der Waals surface area contributed by atoms with Crippen LogP contribution in [0.25, 0.3) is 11.6 Å². The average molecular weight is 332 g/mol. The summed E-state index contributed by atoms with van der Waals surface area (Å²) in [7, 11) is 0. The van der Waals surface area contributed by atoms with E-state index >= 15 is 0 Å². The molecule has 2 aromatic rings. The predicted molar refractivity (Wildman–Crippen MR) is 89.5 cm³/mol. The molecule has 0 aliphatic carbocycles. The molecule has 0 atom stereocenters. The third-order valence-electron chi connectivity index (χ3n) is 3.29. The first kappa shape index (κ1) is 14.7. The summed E-state index contributed by atoms with van der Waals surface area (Å²) in [5.41, 5.74) is 2.79. The molecule has 0 saturated heterocycles. The van der Waals surface area contributed by atoms with Crippen molar-refractivity contribution in [2.45, 2.75) is 13.0 Å². The van der Waals surface area contributed by atoms with Gasteiger partial charge < -0.3 is 10.2 Å². The topological polar surface area (TPSA) is 74.8 Å². The fraction of sp³-hybridized carbons (Fsp3) is 0.133. The molecule has 1 aromatic carbocycles. The molecule has 2 heterocycles. The lowest BCUT2D eigenvalue weighted by Crippen LogP contribution is -2.03. The van der Waals surface area contributed by atoms with Gasteiger partial charge in [-0.3, -0.25) is 14.4 Å². The number of aliphatic imine (C=N–C) groups is 1. The number of thiazole rings is 1. The van der Waals surface area contributed by atoms with Crippen molar-refractivity contribution < 1.29 is 15.0 Å². The van der Waals surface area contributed by atoms with E-state index in [-0.39, 0.29) is 18.8 Å². The second-order valence-corrected chi connectivity index (χ2v) is 6.40. The minimum atomic E-state index is -0.927. The second kappa shape index (κ2) is 5.86. The van der Waals surface area contributed by atoms with E-state index in [1.165, 1.54) is 15.9 Å². The molecule has 0 unspecified atom stereocenters. The number of carbonyl (C=O) groups is 1. The Morgan fingerprint density at radius 2 is 2.18 bits per heavy atom. The Morgan fingerprint density at radius 1 is 1.41 bits per heavy atom. The highest BCUT2D eigenvalue weighted by molar-refractivity contribution is 7.73. The van der Waals surface area contributed by atoms with Crippen LogP contribution in [0.4, 0.5) is 5.69 Å². The molecule has 2 N–H and O–H groups in total. The van der Waals surface area contributed by atoms with E-state index in [0.29, 0.717) is 8.83 Å². The van der Waals surface area contributed by atoms with E-state index in [2.05, 4.69) is 4.99 Å². The number of carboxylic acid groups (broad SMARTS) is 1. The van der Waals surface area contributed by atoms with Crippen molar-refractivity contribution in [2.24, 2.45) is 4.99 Å². The summed E-state index contributed by atoms with van der Waals surface area (Å²) in [5.74, 6) is -0.925. The minimum Gasteiger partial charge on any atom is -0.493 e. The van der Waals surface area contributed by atoms with E-state index in [1.54, 1.807) is 6.21 Å². The van der Waals surface area contributed by atoms with Gasteiger partial charge in [0, 0.05) is 23.9 Å². The molecule has 1 aliphatic rings. The highest BCUT2D eigenvalue weighted by atomic mass is 32.1. The number of aliphatic carboxylic acids is 1. The van der Waals surface area contributed by atoms with Crippen molar-refractivity contribution in [3.8, 4) is 5.88 Å². The van der Waals surface area contributed by atoms with Crippen LogP contribution in [0.1, 0.15) is 16.9 Å². The van der Waals surface area contributed by atoms with Gasteiger partial charge in [0.25, 0.3) is 0 Å². The molecule has 22 heavy (non-hydrogen) atoms. The molecule has 5 nitrogen and oxygen atoms in total. The molecular weight excluding hydrogens is 320 g/mol. The zero-order valence-electron chi connectivity index (χ0n) is 11.4. The van der Waals surface area contributed by atoms with Gasteiger partial charge in [-0.1, -0.05) is 18.2 Å². The Morgan fingerprint density at radius 3 is 2.95 bits per heavy atom. The Labute approximate surface area is 135 Å². The van der Waals surface area contributed by atoms with Gasteiger partial charge >= 0.3 is 5.97 Å². The number of aromatic nitrogens is 1. The van der Waals surface area contributed by atoms with Crippen molar-refractivity contribution in [3.05, 3.63) is 38.7 Å². The fourth-order valence-corrected chi connectivity index (χ4v) is 3.52. The van der Waals surface area contributed by atoms with Crippen LogP contribution in [-0.4, -0.2) is 27.0 Å².